The summed E-state index contributed by atoms with van der Waals surface area (Å²) in [6.45, 7) is 5.09. The quantitative estimate of drug-likeness (QED) is 0.670. The third-order valence-corrected chi connectivity index (χ3v) is 4.99. The summed E-state index contributed by atoms with van der Waals surface area (Å²) < 4.78 is 1.87. The van der Waals surface area contributed by atoms with Crippen LogP contribution in [0.2, 0.25) is 5.02 Å². The monoisotopic (exact) mass is 372 g/mol. The fourth-order valence-corrected chi connectivity index (χ4v) is 3.69. The number of nitrogens with zero attached hydrogens (tertiary/aromatic N) is 4. The van der Waals surface area contributed by atoms with Crippen LogP contribution in [0, 0.1) is 0 Å². The highest BCUT2D eigenvalue weighted by molar-refractivity contribution is 6.34. The summed E-state index contributed by atoms with van der Waals surface area (Å²) in [6.07, 6.45) is 3.39. The van der Waals surface area contributed by atoms with E-state index in [1.165, 1.54) is 5.56 Å². The second-order valence-corrected chi connectivity index (χ2v) is 7.25. The van der Waals surface area contributed by atoms with Gasteiger partial charge in [0.1, 0.15) is 5.52 Å². The van der Waals surface area contributed by atoms with E-state index in [9.17, 15) is 5.11 Å². The van der Waals surface area contributed by atoms with Crippen LogP contribution in [0.1, 0.15) is 38.3 Å². The van der Waals surface area contributed by atoms with Gasteiger partial charge in [-0.15, -0.1) is 0 Å². The van der Waals surface area contributed by atoms with Crippen molar-refractivity contribution in [3.8, 4) is 17.1 Å². The first kappa shape index (κ1) is 18.7. The van der Waals surface area contributed by atoms with Crippen LogP contribution in [0.15, 0.2) is 30.5 Å². The zero-order valence-corrected chi connectivity index (χ0v) is 16.5. The molecule has 0 fully saturated rings. The molecule has 0 atom stereocenters. The van der Waals surface area contributed by atoms with Gasteiger partial charge in [-0.3, -0.25) is 4.57 Å². The van der Waals surface area contributed by atoms with Gasteiger partial charge in [0.15, 0.2) is 5.65 Å². The third-order valence-electron chi connectivity index (χ3n) is 4.70. The minimum atomic E-state index is -0.00561. The summed E-state index contributed by atoms with van der Waals surface area (Å²) in [4.78, 5) is 10.7. The Bertz CT molecular complexity index is 898. The Morgan fingerprint density at radius 1 is 1.15 bits per heavy atom. The zero-order valence-electron chi connectivity index (χ0n) is 15.7. The predicted octanol–water partition coefficient (Wildman–Crippen LogP) is 4.88. The first-order chi connectivity index (χ1) is 12.5. The van der Waals surface area contributed by atoms with E-state index >= 15 is 0 Å². The van der Waals surface area contributed by atoms with E-state index in [0.717, 1.165) is 36.0 Å². The van der Waals surface area contributed by atoms with E-state index in [0.29, 0.717) is 10.7 Å². The standard InChI is InChI=1S/C20H25ClN4O/c1-5-15(6-2)25-18-17(16(21)11-22-19(18)23-20(25)26)14-9-7-13(8-10-14)12-24(3)4/h7-11,15H,5-6,12H2,1-4H3,(H,22,23,26). The van der Waals surface area contributed by atoms with Gasteiger partial charge in [-0.25, -0.2) is 4.98 Å². The van der Waals surface area contributed by atoms with Gasteiger partial charge in [0.2, 0.25) is 0 Å². The summed E-state index contributed by atoms with van der Waals surface area (Å²) in [5, 5.41) is 11.0. The number of hydrogen-bond donors (Lipinski definition) is 1. The van der Waals surface area contributed by atoms with E-state index < -0.39 is 0 Å². The summed E-state index contributed by atoms with van der Waals surface area (Å²) >= 11 is 6.54. The van der Waals surface area contributed by atoms with Crippen LogP contribution in [-0.2, 0) is 6.54 Å². The van der Waals surface area contributed by atoms with Gasteiger partial charge in [-0.1, -0.05) is 49.7 Å². The van der Waals surface area contributed by atoms with Crippen molar-refractivity contribution in [2.75, 3.05) is 14.1 Å². The van der Waals surface area contributed by atoms with Crippen LogP contribution in [0.3, 0.4) is 0 Å². The molecule has 5 nitrogen and oxygen atoms in total. The lowest BCUT2D eigenvalue weighted by Crippen LogP contribution is -2.10. The SMILES string of the molecule is CCC(CC)n1c(O)nc2ncc(Cl)c(-c3ccc(CN(C)C)cc3)c21. The molecule has 3 rings (SSSR count). The molecule has 0 saturated heterocycles. The minimum absolute atomic E-state index is 0.00561. The molecule has 0 amide bonds. The second kappa shape index (κ2) is 7.64. The maximum absolute atomic E-state index is 10.4. The molecular weight excluding hydrogens is 348 g/mol. The van der Waals surface area contributed by atoms with Crippen molar-refractivity contribution >= 4 is 22.8 Å². The zero-order chi connectivity index (χ0) is 18.8. The van der Waals surface area contributed by atoms with Gasteiger partial charge in [0, 0.05) is 24.3 Å². The number of rotatable bonds is 6. The topological polar surface area (TPSA) is 54.2 Å². The molecule has 0 spiro atoms. The number of benzene rings is 1. The van der Waals surface area contributed by atoms with Crippen molar-refractivity contribution in [3.63, 3.8) is 0 Å². The normalized spacial score (nSPS) is 11.8. The summed E-state index contributed by atoms with van der Waals surface area (Å²) in [7, 11) is 4.10. The Balaban J connectivity index is 2.20. The maximum Gasteiger partial charge on any atom is 0.296 e. The van der Waals surface area contributed by atoms with Crippen LogP contribution < -0.4 is 0 Å². The Kier molecular flexibility index (Phi) is 5.49. The molecule has 0 aliphatic rings. The van der Waals surface area contributed by atoms with Gasteiger partial charge >= 0.3 is 0 Å². The smallest absolute Gasteiger partial charge is 0.296 e. The molecule has 26 heavy (non-hydrogen) atoms. The number of halogens is 1. The Labute approximate surface area is 159 Å². The van der Waals surface area contributed by atoms with Gasteiger partial charge in [-0.2, -0.15) is 4.98 Å². The molecule has 6 heteroatoms. The number of hydrogen-bond acceptors (Lipinski definition) is 4. The van der Waals surface area contributed by atoms with Crippen molar-refractivity contribution in [2.45, 2.75) is 39.3 Å². The average Bonchev–Trinajstić information content (AvgIpc) is 2.93. The molecule has 0 bridgehead atoms. The maximum atomic E-state index is 10.4. The van der Waals surface area contributed by atoms with Crippen LogP contribution in [0.5, 0.6) is 6.01 Å². The van der Waals surface area contributed by atoms with Gasteiger partial charge in [-0.05, 0) is 38.1 Å². The molecule has 0 unspecified atom stereocenters. The first-order valence-corrected chi connectivity index (χ1v) is 9.33. The summed E-state index contributed by atoms with van der Waals surface area (Å²) in [5.74, 6) is 0. The van der Waals surface area contributed by atoms with E-state index in [1.807, 2.05) is 18.7 Å². The molecule has 0 aliphatic carbocycles. The molecule has 2 aromatic heterocycles. The lowest BCUT2D eigenvalue weighted by Gasteiger charge is -2.18. The number of aromatic hydroxyl groups is 1. The second-order valence-electron chi connectivity index (χ2n) is 6.84. The Morgan fingerprint density at radius 3 is 2.38 bits per heavy atom. The van der Waals surface area contributed by atoms with Crippen LogP contribution in [0.4, 0.5) is 0 Å². The van der Waals surface area contributed by atoms with Crippen molar-refractivity contribution < 1.29 is 5.11 Å². The van der Waals surface area contributed by atoms with E-state index in [2.05, 4.69) is 53.0 Å². The largest absolute Gasteiger partial charge is 0.480 e. The first-order valence-electron chi connectivity index (χ1n) is 8.95. The molecule has 138 valence electrons. The lowest BCUT2D eigenvalue weighted by molar-refractivity contribution is 0.362. The molecule has 0 saturated carbocycles. The van der Waals surface area contributed by atoms with Crippen molar-refractivity contribution in [1.82, 2.24) is 19.4 Å². The minimum Gasteiger partial charge on any atom is -0.480 e. The average molecular weight is 373 g/mol. The molecule has 0 aliphatic heterocycles. The fourth-order valence-electron chi connectivity index (χ4n) is 3.44. The van der Waals surface area contributed by atoms with Crippen LogP contribution in [-0.4, -0.2) is 38.6 Å². The molecule has 1 N–H and O–H groups in total. The Morgan fingerprint density at radius 2 is 1.81 bits per heavy atom. The van der Waals surface area contributed by atoms with Gasteiger partial charge in [0.25, 0.3) is 6.01 Å². The van der Waals surface area contributed by atoms with Crippen molar-refractivity contribution in [1.29, 1.82) is 0 Å². The van der Waals surface area contributed by atoms with Crippen molar-refractivity contribution in [3.05, 3.63) is 41.0 Å². The molecule has 1 aromatic carbocycles. The van der Waals surface area contributed by atoms with Crippen LogP contribution >= 0.6 is 11.6 Å². The summed E-state index contributed by atoms with van der Waals surface area (Å²) in [6, 6.07) is 8.49. The number of aromatic nitrogens is 3. The van der Waals surface area contributed by atoms with E-state index in [1.54, 1.807) is 6.20 Å². The number of imidazole rings is 1. The van der Waals surface area contributed by atoms with Crippen molar-refractivity contribution in [2.24, 2.45) is 0 Å². The van der Waals surface area contributed by atoms with Gasteiger partial charge < -0.3 is 10.0 Å². The fraction of sp³-hybridized carbons (Fsp3) is 0.400. The Hall–Kier alpha value is -2.11. The highest BCUT2D eigenvalue weighted by Crippen LogP contribution is 2.38. The summed E-state index contributed by atoms with van der Waals surface area (Å²) in [5.41, 5.74) is 4.41. The molecule has 2 heterocycles. The number of fused-ring (bicyclic) bond motifs is 1. The van der Waals surface area contributed by atoms with E-state index in [-0.39, 0.29) is 12.1 Å². The third kappa shape index (κ3) is 3.41. The highest BCUT2D eigenvalue weighted by Gasteiger charge is 2.22. The highest BCUT2D eigenvalue weighted by atomic mass is 35.5. The molecule has 0 radical (unpaired) electrons. The number of pyridine rings is 1. The van der Waals surface area contributed by atoms with Gasteiger partial charge in [0.05, 0.1) is 5.02 Å². The molecular formula is C20H25ClN4O. The lowest BCUT2D eigenvalue weighted by atomic mass is 10.0. The van der Waals surface area contributed by atoms with E-state index in [4.69, 9.17) is 11.6 Å². The molecule has 3 aromatic rings. The predicted molar refractivity (Wildman–Crippen MR) is 107 cm³/mol. The van der Waals surface area contributed by atoms with Crippen LogP contribution in [0.25, 0.3) is 22.3 Å².